The third kappa shape index (κ3) is 3.34. The Morgan fingerprint density at radius 2 is 1.89 bits per heavy atom. The summed E-state index contributed by atoms with van der Waals surface area (Å²) in [5.74, 6) is -0.447. The van der Waals surface area contributed by atoms with Crippen molar-refractivity contribution in [3.63, 3.8) is 0 Å². The molecular weight excluding hydrogens is 296 g/mol. The van der Waals surface area contributed by atoms with Crippen LogP contribution >= 0.6 is 15.9 Å². The van der Waals surface area contributed by atoms with Gasteiger partial charge in [0.2, 0.25) is 0 Å². The minimum Gasteiger partial charge on any atom is -0.545 e. The molecule has 2 aromatic carbocycles. The lowest BCUT2D eigenvalue weighted by Crippen LogP contribution is -2.22. The van der Waals surface area contributed by atoms with Crippen LogP contribution in [0, 0.1) is 0 Å². The zero-order chi connectivity index (χ0) is 13.0. The monoisotopic (exact) mass is 305 g/mol. The van der Waals surface area contributed by atoms with Crippen molar-refractivity contribution in [3.8, 4) is 5.75 Å². The first-order chi connectivity index (χ1) is 8.65. The maximum absolute atomic E-state index is 10.7. The second-order valence-electron chi connectivity index (χ2n) is 3.73. The van der Waals surface area contributed by atoms with Gasteiger partial charge < -0.3 is 14.6 Å². The van der Waals surface area contributed by atoms with E-state index in [9.17, 15) is 9.90 Å². The summed E-state index contributed by atoms with van der Waals surface area (Å²) >= 11 is 3.34. The third-order valence-electron chi connectivity index (χ3n) is 2.38. The summed E-state index contributed by atoms with van der Waals surface area (Å²) in [6.45, 7) is 0.322. The first kappa shape index (κ1) is 12.6. The van der Waals surface area contributed by atoms with Gasteiger partial charge >= 0.3 is 0 Å². The predicted molar refractivity (Wildman–Crippen MR) is 69.2 cm³/mol. The number of hydrogen-bond donors (Lipinski definition) is 0. The van der Waals surface area contributed by atoms with E-state index in [1.165, 1.54) is 6.07 Å². The van der Waals surface area contributed by atoms with E-state index in [0.29, 0.717) is 6.61 Å². The van der Waals surface area contributed by atoms with Crippen molar-refractivity contribution >= 4 is 21.9 Å². The van der Waals surface area contributed by atoms with Gasteiger partial charge in [0.15, 0.2) is 0 Å². The van der Waals surface area contributed by atoms with Crippen molar-refractivity contribution in [1.82, 2.24) is 0 Å². The van der Waals surface area contributed by atoms with Crippen molar-refractivity contribution in [3.05, 3.63) is 64.1 Å². The zero-order valence-corrected chi connectivity index (χ0v) is 11.0. The van der Waals surface area contributed by atoms with Gasteiger partial charge in [0, 0.05) is 4.47 Å². The zero-order valence-electron chi connectivity index (χ0n) is 9.43. The Labute approximate surface area is 113 Å². The molecule has 0 bridgehead atoms. The second-order valence-corrected chi connectivity index (χ2v) is 4.65. The van der Waals surface area contributed by atoms with Gasteiger partial charge in [-0.3, -0.25) is 0 Å². The lowest BCUT2D eigenvalue weighted by molar-refractivity contribution is -0.255. The molecule has 0 radical (unpaired) electrons. The first-order valence-corrected chi connectivity index (χ1v) is 6.13. The fourth-order valence-corrected chi connectivity index (χ4v) is 1.75. The lowest BCUT2D eigenvalue weighted by Gasteiger charge is -2.08. The van der Waals surface area contributed by atoms with Gasteiger partial charge in [0.05, 0.1) is 5.97 Å². The number of hydrogen-bond acceptors (Lipinski definition) is 3. The fraction of sp³-hybridized carbons (Fsp3) is 0.0714. The Hall–Kier alpha value is -1.81. The average molecular weight is 306 g/mol. The number of benzene rings is 2. The fourth-order valence-electron chi connectivity index (χ4n) is 1.49. The van der Waals surface area contributed by atoms with Crippen LogP contribution in [-0.2, 0) is 6.61 Å². The molecule has 0 amide bonds. The Balaban J connectivity index is 2.04. The largest absolute Gasteiger partial charge is 0.545 e. The quantitative estimate of drug-likeness (QED) is 0.871. The average Bonchev–Trinajstić information content (AvgIpc) is 2.38. The van der Waals surface area contributed by atoms with Crippen LogP contribution in [0.4, 0.5) is 0 Å². The molecule has 0 N–H and O–H groups in total. The van der Waals surface area contributed by atoms with E-state index >= 15 is 0 Å². The van der Waals surface area contributed by atoms with Crippen molar-refractivity contribution < 1.29 is 14.6 Å². The number of aromatic carboxylic acids is 1. The molecule has 0 aliphatic rings. The van der Waals surface area contributed by atoms with Gasteiger partial charge in [0.25, 0.3) is 0 Å². The molecule has 0 unspecified atom stereocenters. The van der Waals surface area contributed by atoms with Crippen LogP contribution in [-0.4, -0.2) is 5.97 Å². The molecule has 2 rings (SSSR count). The number of halogens is 1. The summed E-state index contributed by atoms with van der Waals surface area (Å²) in [7, 11) is 0. The molecule has 0 saturated heterocycles. The second kappa shape index (κ2) is 5.69. The molecule has 3 nitrogen and oxygen atoms in total. The van der Waals surface area contributed by atoms with Crippen molar-refractivity contribution in [1.29, 1.82) is 0 Å². The van der Waals surface area contributed by atoms with E-state index in [1.54, 1.807) is 12.1 Å². The topological polar surface area (TPSA) is 49.4 Å². The molecule has 0 aliphatic carbocycles. The molecule has 0 atom stereocenters. The van der Waals surface area contributed by atoms with E-state index < -0.39 is 5.97 Å². The third-order valence-corrected chi connectivity index (χ3v) is 2.91. The summed E-state index contributed by atoms with van der Waals surface area (Å²) in [5.41, 5.74) is 0.950. The SMILES string of the molecule is O=C([O-])c1cccc(COc2ccc(Br)cc2)c1. The van der Waals surface area contributed by atoms with Gasteiger partial charge in [-0.2, -0.15) is 0 Å². The number of carbonyl (C=O) groups is 1. The number of ether oxygens (including phenoxy) is 1. The summed E-state index contributed by atoms with van der Waals surface area (Å²) in [5, 5.41) is 10.7. The highest BCUT2D eigenvalue weighted by Gasteiger charge is 1.99. The van der Waals surface area contributed by atoms with Gasteiger partial charge in [-0.1, -0.05) is 34.1 Å². The number of rotatable bonds is 4. The van der Waals surface area contributed by atoms with E-state index in [2.05, 4.69) is 15.9 Å². The number of carbonyl (C=O) groups excluding carboxylic acids is 1. The molecule has 0 spiro atoms. The van der Waals surface area contributed by atoms with Crippen LogP contribution in [0.3, 0.4) is 0 Å². The minimum absolute atomic E-state index is 0.159. The molecular formula is C14H10BrO3-. The standard InChI is InChI=1S/C14H11BrO3/c15-12-4-6-13(7-5-12)18-9-10-2-1-3-11(8-10)14(16)17/h1-8H,9H2,(H,16,17)/p-1. The Kier molecular flexibility index (Phi) is 3.99. The Morgan fingerprint density at radius 1 is 1.17 bits per heavy atom. The molecule has 18 heavy (non-hydrogen) atoms. The smallest absolute Gasteiger partial charge is 0.119 e. The maximum atomic E-state index is 10.7. The van der Waals surface area contributed by atoms with Gasteiger partial charge in [-0.05, 0) is 41.5 Å². The summed E-state index contributed by atoms with van der Waals surface area (Å²) in [6.07, 6.45) is 0. The van der Waals surface area contributed by atoms with Gasteiger partial charge in [-0.25, -0.2) is 0 Å². The van der Waals surface area contributed by atoms with Crippen LogP contribution < -0.4 is 9.84 Å². The maximum Gasteiger partial charge on any atom is 0.119 e. The van der Waals surface area contributed by atoms with Crippen molar-refractivity contribution in [2.75, 3.05) is 0 Å². The highest BCUT2D eigenvalue weighted by molar-refractivity contribution is 9.10. The van der Waals surface area contributed by atoms with Crippen molar-refractivity contribution in [2.45, 2.75) is 6.61 Å². The molecule has 2 aromatic rings. The highest BCUT2D eigenvalue weighted by atomic mass is 79.9. The lowest BCUT2D eigenvalue weighted by atomic mass is 10.1. The highest BCUT2D eigenvalue weighted by Crippen LogP contribution is 2.17. The minimum atomic E-state index is -1.18. The molecule has 0 aliphatic heterocycles. The molecule has 0 heterocycles. The number of carboxylic acid groups (broad SMARTS) is 1. The predicted octanol–water partition coefficient (Wildman–Crippen LogP) is 2.39. The molecule has 0 saturated carbocycles. The Morgan fingerprint density at radius 3 is 2.56 bits per heavy atom. The van der Waals surface area contributed by atoms with Crippen LogP contribution in [0.15, 0.2) is 53.0 Å². The summed E-state index contributed by atoms with van der Waals surface area (Å²) < 4.78 is 6.53. The van der Waals surface area contributed by atoms with Gasteiger partial charge in [-0.15, -0.1) is 0 Å². The van der Waals surface area contributed by atoms with Crippen LogP contribution in [0.25, 0.3) is 0 Å². The van der Waals surface area contributed by atoms with E-state index in [1.807, 2.05) is 30.3 Å². The summed E-state index contributed by atoms with van der Waals surface area (Å²) in [4.78, 5) is 10.7. The van der Waals surface area contributed by atoms with Gasteiger partial charge in [0.1, 0.15) is 12.4 Å². The molecule has 92 valence electrons. The first-order valence-electron chi connectivity index (χ1n) is 5.34. The molecule has 0 aromatic heterocycles. The van der Waals surface area contributed by atoms with Crippen LogP contribution in [0.1, 0.15) is 15.9 Å². The molecule has 0 fully saturated rings. The summed E-state index contributed by atoms with van der Waals surface area (Å²) in [6, 6.07) is 14.0. The normalized spacial score (nSPS) is 10.1. The van der Waals surface area contributed by atoms with E-state index in [-0.39, 0.29) is 5.56 Å². The Bertz CT molecular complexity index is 549. The molecule has 4 heteroatoms. The number of carboxylic acids is 1. The van der Waals surface area contributed by atoms with E-state index in [4.69, 9.17) is 4.74 Å². The van der Waals surface area contributed by atoms with Crippen LogP contribution in [0.5, 0.6) is 5.75 Å². The van der Waals surface area contributed by atoms with Crippen LogP contribution in [0.2, 0.25) is 0 Å². The van der Waals surface area contributed by atoms with E-state index in [0.717, 1.165) is 15.8 Å². The van der Waals surface area contributed by atoms with Crippen molar-refractivity contribution in [2.24, 2.45) is 0 Å².